The van der Waals surface area contributed by atoms with E-state index in [-0.39, 0.29) is 17.0 Å². The Labute approximate surface area is 255 Å². The first-order valence-corrected chi connectivity index (χ1v) is 16.4. The van der Waals surface area contributed by atoms with Crippen molar-refractivity contribution in [3.05, 3.63) is 62.0 Å². The van der Waals surface area contributed by atoms with Crippen molar-refractivity contribution in [2.24, 2.45) is 5.92 Å². The van der Waals surface area contributed by atoms with Crippen LogP contribution in [0.15, 0.2) is 34.6 Å². The normalized spacial score (nSPS) is 22.3. The minimum absolute atomic E-state index is 0.211. The molecule has 7 rings (SSSR count). The lowest BCUT2D eigenvalue weighted by Crippen LogP contribution is -2.62. The molecule has 0 radical (unpaired) electrons. The molecule has 4 fully saturated rings. The average Bonchev–Trinajstić information content (AvgIpc) is 3.50. The third-order valence-electron chi connectivity index (χ3n) is 9.53. The number of aromatic nitrogens is 3. The number of fused-ring (bicyclic) bond motifs is 4. The lowest BCUT2D eigenvalue weighted by atomic mass is 9.86. The van der Waals surface area contributed by atoms with Gasteiger partial charge in [-0.3, -0.25) is 14.0 Å². The van der Waals surface area contributed by atoms with Gasteiger partial charge in [0.05, 0.1) is 35.9 Å². The maximum absolute atomic E-state index is 13.6. The number of carboxylic acid groups (broad SMARTS) is 1. The monoisotopic (exact) mass is 605 g/mol. The van der Waals surface area contributed by atoms with Crippen LogP contribution >= 0.6 is 11.3 Å². The molecule has 228 valence electrons. The van der Waals surface area contributed by atoms with Gasteiger partial charge in [-0.15, -0.1) is 11.3 Å². The van der Waals surface area contributed by atoms with Crippen molar-refractivity contribution >= 4 is 40.8 Å². The van der Waals surface area contributed by atoms with E-state index in [1.807, 2.05) is 21.9 Å². The molecule has 4 aliphatic heterocycles. The molecular formula is C32H41N6O4S+. The van der Waals surface area contributed by atoms with Crippen molar-refractivity contribution in [3.63, 3.8) is 0 Å². The third kappa shape index (κ3) is 6.38. The number of carbonyl (C=O) groups is 2. The number of amides is 1. The van der Waals surface area contributed by atoms with Crippen molar-refractivity contribution in [1.29, 1.82) is 0 Å². The molecule has 11 heteroatoms. The van der Waals surface area contributed by atoms with Gasteiger partial charge in [-0.05, 0) is 61.3 Å². The zero-order valence-corrected chi connectivity index (χ0v) is 25.9. The van der Waals surface area contributed by atoms with E-state index in [1.54, 1.807) is 17.5 Å². The second-order valence-electron chi connectivity index (χ2n) is 12.7. The second-order valence-corrected chi connectivity index (χ2v) is 13.6. The van der Waals surface area contributed by atoms with Crippen LogP contribution in [-0.4, -0.2) is 93.1 Å². The van der Waals surface area contributed by atoms with E-state index in [0.717, 1.165) is 65.2 Å². The number of piperidine rings is 3. The average molecular weight is 606 g/mol. The fourth-order valence-corrected chi connectivity index (χ4v) is 7.72. The van der Waals surface area contributed by atoms with Crippen LogP contribution in [0.1, 0.15) is 60.9 Å². The highest BCUT2D eigenvalue weighted by Crippen LogP contribution is 2.33. The molecule has 0 spiro atoms. The zero-order chi connectivity index (χ0) is 30.1. The van der Waals surface area contributed by atoms with Crippen molar-refractivity contribution in [3.8, 4) is 0 Å². The fraction of sp³-hybridized carbons (Fsp3) is 0.531. The number of quaternary nitrogens is 1. The van der Waals surface area contributed by atoms with E-state index >= 15 is 0 Å². The second kappa shape index (κ2) is 12.2. The Morgan fingerprint density at radius 3 is 2.47 bits per heavy atom. The summed E-state index contributed by atoms with van der Waals surface area (Å²) in [7, 11) is 0. The lowest BCUT2D eigenvalue weighted by molar-refractivity contribution is -0.935. The zero-order valence-electron chi connectivity index (χ0n) is 25.1. The Bertz CT molecular complexity index is 1580. The SMILES string of the molecule is CC(C)c1csc(CCc2ccn3c(=O)c(/C=C/C(=O)O)c(N4CCN(C(=O)C[N+]56CCC(CC5)CC6)CC4)nc3c2)n1. The van der Waals surface area contributed by atoms with E-state index in [4.69, 9.17) is 9.97 Å². The Kier molecular flexibility index (Phi) is 8.37. The molecule has 3 aromatic heterocycles. The first kappa shape index (κ1) is 29.5. The molecule has 0 unspecified atom stereocenters. The molecule has 0 atom stereocenters. The number of aryl methyl sites for hydroxylation is 2. The molecule has 10 nitrogen and oxygen atoms in total. The summed E-state index contributed by atoms with van der Waals surface area (Å²) in [5.41, 5.74) is 2.62. The molecule has 1 amide bonds. The molecule has 1 N–H and O–H groups in total. The van der Waals surface area contributed by atoms with Crippen LogP contribution in [-0.2, 0) is 22.4 Å². The largest absolute Gasteiger partial charge is 0.478 e. The van der Waals surface area contributed by atoms with Crippen molar-refractivity contribution < 1.29 is 19.2 Å². The summed E-state index contributed by atoms with van der Waals surface area (Å²) in [4.78, 5) is 51.9. The summed E-state index contributed by atoms with van der Waals surface area (Å²) < 4.78 is 2.41. The van der Waals surface area contributed by atoms with Gasteiger partial charge in [0, 0.05) is 50.3 Å². The van der Waals surface area contributed by atoms with Gasteiger partial charge in [-0.2, -0.15) is 0 Å². The van der Waals surface area contributed by atoms with Gasteiger partial charge in [0.2, 0.25) is 0 Å². The van der Waals surface area contributed by atoms with Crippen LogP contribution in [0.5, 0.6) is 0 Å². The summed E-state index contributed by atoms with van der Waals surface area (Å²) in [6, 6.07) is 3.85. The number of carbonyl (C=O) groups excluding carboxylic acids is 1. The van der Waals surface area contributed by atoms with E-state index < -0.39 is 5.97 Å². The molecule has 0 aromatic carbocycles. The van der Waals surface area contributed by atoms with Crippen molar-refractivity contribution in [2.45, 2.75) is 51.9 Å². The lowest BCUT2D eigenvalue weighted by Gasteiger charge is -2.49. The van der Waals surface area contributed by atoms with Gasteiger partial charge < -0.3 is 19.4 Å². The molecule has 0 aliphatic carbocycles. The maximum atomic E-state index is 13.6. The first-order valence-electron chi connectivity index (χ1n) is 15.5. The predicted octanol–water partition coefficient (Wildman–Crippen LogP) is 3.44. The number of thiazole rings is 1. The Hall–Kier alpha value is -3.57. The highest BCUT2D eigenvalue weighted by atomic mass is 32.1. The van der Waals surface area contributed by atoms with Crippen LogP contribution in [0.25, 0.3) is 11.7 Å². The number of nitrogens with zero attached hydrogens (tertiary/aromatic N) is 6. The van der Waals surface area contributed by atoms with Gasteiger partial charge in [-0.1, -0.05) is 13.8 Å². The molecule has 0 saturated carbocycles. The minimum Gasteiger partial charge on any atom is -0.478 e. The van der Waals surface area contributed by atoms with Gasteiger partial charge in [0.1, 0.15) is 11.5 Å². The van der Waals surface area contributed by atoms with E-state index in [2.05, 4.69) is 19.2 Å². The standard InChI is InChI=1S/C32H40N6O4S/c1-22(2)26-21-43-28(33-26)5-3-24-7-11-37-27(19-24)34-31(25(32(37)42)4-6-30(40)41)36-14-12-35(13-15-36)29(39)20-38-16-8-23(9-17-38)10-18-38/h4,6-7,11,19,21-23H,3,5,8-10,12-18,20H2,1-2H3/p+1/b6-4+. The number of aliphatic carboxylic acids is 1. The van der Waals surface area contributed by atoms with Gasteiger partial charge >= 0.3 is 5.97 Å². The molecule has 4 saturated heterocycles. The quantitative estimate of drug-likeness (QED) is 0.294. The maximum Gasteiger partial charge on any atom is 0.328 e. The van der Waals surface area contributed by atoms with Gasteiger partial charge in [0.15, 0.2) is 6.54 Å². The number of hydrogen-bond donors (Lipinski definition) is 1. The van der Waals surface area contributed by atoms with Crippen LogP contribution in [0.4, 0.5) is 5.82 Å². The molecule has 7 heterocycles. The molecule has 2 bridgehead atoms. The van der Waals surface area contributed by atoms with Crippen LogP contribution in [0, 0.1) is 5.92 Å². The smallest absolute Gasteiger partial charge is 0.328 e. The molecule has 43 heavy (non-hydrogen) atoms. The highest BCUT2D eigenvalue weighted by molar-refractivity contribution is 7.09. The van der Waals surface area contributed by atoms with E-state index in [9.17, 15) is 19.5 Å². The Morgan fingerprint density at radius 1 is 1.09 bits per heavy atom. The molecule has 4 aliphatic rings. The number of piperazine rings is 1. The molecular weight excluding hydrogens is 564 g/mol. The van der Waals surface area contributed by atoms with Crippen LogP contribution in [0.2, 0.25) is 0 Å². The minimum atomic E-state index is -1.13. The Morgan fingerprint density at radius 2 is 1.81 bits per heavy atom. The van der Waals surface area contributed by atoms with Gasteiger partial charge in [0.25, 0.3) is 11.5 Å². The molecule has 3 aromatic rings. The summed E-state index contributed by atoms with van der Waals surface area (Å²) in [6.45, 7) is 10.4. The number of anilines is 1. The first-order chi connectivity index (χ1) is 20.7. The number of pyridine rings is 1. The number of carboxylic acids is 1. The Balaban J connectivity index is 1.20. The topological polar surface area (TPSA) is 108 Å². The van der Waals surface area contributed by atoms with E-state index in [0.29, 0.717) is 50.1 Å². The number of hydrogen-bond acceptors (Lipinski definition) is 7. The van der Waals surface area contributed by atoms with Crippen LogP contribution in [0.3, 0.4) is 0 Å². The van der Waals surface area contributed by atoms with Crippen LogP contribution < -0.4 is 10.5 Å². The highest BCUT2D eigenvalue weighted by Gasteiger charge is 2.42. The fourth-order valence-electron chi connectivity index (χ4n) is 6.76. The van der Waals surface area contributed by atoms with Gasteiger partial charge in [-0.25, -0.2) is 14.8 Å². The number of rotatable bonds is 9. The summed E-state index contributed by atoms with van der Waals surface area (Å²) in [6.07, 6.45) is 9.34. The predicted molar refractivity (Wildman–Crippen MR) is 168 cm³/mol. The van der Waals surface area contributed by atoms with E-state index in [1.165, 1.54) is 29.7 Å². The summed E-state index contributed by atoms with van der Waals surface area (Å²) in [5.74, 6) is 0.804. The van der Waals surface area contributed by atoms with Crippen molar-refractivity contribution in [1.82, 2.24) is 19.3 Å². The third-order valence-corrected chi connectivity index (χ3v) is 10.5. The van der Waals surface area contributed by atoms with Crippen molar-refractivity contribution in [2.75, 3.05) is 57.3 Å². The summed E-state index contributed by atoms with van der Waals surface area (Å²) >= 11 is 1.68. The summed E-state index contributed by atoms with van der Waals surface area (Å²) in [5, 5.41) is 12.5.